The third-order valence-electron chi connectivity index (χ3n) is 4.85. The number of carbonyl (C=O) groups excluding carboxylic acids is 1. The van der Waals surface area contributed by atoms with Crippen molar-refractivity contribution in [2.45, 2.75) is 26.2 Å². The average molecular weight is 407 g/mol. The Morgan fingerprint density at radius 2 is 2.22 bits per heavy atom. The zero-order valence-corrected chi connectivity index (χ0v) is 15.9. The molecule has 5 nitrogen and oxygen atoms in total. The van der Waals surface area contributed by atoms with E-state index in [1.54, 1.807) is 0 Å². The molecule has 2 heterocycles. The van der Waals surface area contributed by atoms with Gasteiger partial charge in [-0.15, -0.1) is 11.3 Å². The van der Waals surface area contributed by atoms with Crippen molar-refractivity contribution in [3.8, 4) is 5.75 Å². The fourth-order valence-corrected chi connectivity index (χ4v) is 5.10. The Balaban J connectivity index is 1.79. The monoisotopic (exact) mass is 406 g/mol. The van der Waals surface area contributed by atoms with Crippen molar-refractivity contribution in [2.24, 2.45) is 5.92 Å². The van der Waals surface area contributed by atoms with Crippen molar-refractivity contribution in [3.05, 3.63) is 55.4 Å². The summed E-state index contributed by atoms with van der Waals surface area (Å²) < 4.78 is 13.2. The molecule has 2 aromatic heterocycles. The molecular weight excluding hydrogens is 391 g/mol. The van der Waals surface area contributed by atoms with Crippen LogP contribution in [-0.4, -0.2) is 16.0 Å². The van der Waals surface area contributed by atoms with E-state index in [2.05, 4.69) is 17.2 Å². The molecule has 1 aliphatic rings. The molecule has 1 aromatic carbocycles. The van der Waals surface area contributed by atoms with Gasteiger partial charge in [0.2, 0.25) is 0 Å². The van der Waals surface area contributed by atoms with E-state index in [9.17, 15) is 19.1 Å². The van der Waals surface area contributed by atoms with Gasteiger partial charge in [-0.2, -0.15) is 0 Å². The number of aromatic hydroxyl groups is 1. The maximum absolute atomic E-state index is 13.2. The van der Waals surface area contributed by atoms with Crippen LogP contribution in [0.15, 0.2) is 23.0 Å². The van der Waals surface area contributed by atoms with Crippen LogP contribution in [0.1, 0.15) is 34.1 Å². The number of H-pyrrole nitrogens is 1. The van der Waals surface area contributed by atoms with E-state index in [1.165, 1.54) is 17.4 Å². The highest BCUT2D eigenvalue weighted by molar-refractivity contribution is 7.18. The predicted molar refractivity (Wildman–Crippen MR) is 105 cm³/mol. The molecule has 1 amide bonds. The molecule has 140 valence electrons. The van der Waals surface area contributed by atoms with Crippen molar-refractivity contribution in [1.29, 1.82) is 0 Å². The number of hydrogen-bond donors (Lipinski definition) is 3. The zero-order chi connectivity index (χ0) is 19.3. The highest BCUT2D eigenvalue weighted by Crippen LogP contribution is 2.41. The lowest BCUT2D eigenvalue weighted by molar-refractivity contribution is 0.102. The van der Waals surface area contributed by atoms with Gasteiger partial charge in [0.1, 0.15) is 22.0 Å². The van der Waals surface area contributed by atoms with E-state index in [1.807, 2.05) is 0 Å². The van der Waals surface area contributed by atoms with Crippen LogP contribution in [0.25, 0.3) is 10.2 Å². The molecule has 8 heteroatoms. The predicted octanol–water partition coefficient (Wildman–Crippen LogP) is 4.46. The minimum atomic E-state index is -0.798. The number of fused-ring (bicyclic) bond motifs is 3. The summed E-state index contributed by atoms with van der Waals surface area (Å²) in [5.41, 5.74) is 0.100. The van der Waals surface area contributed by atoms with E-state index >= 15 is 0 Å². The molecule has 4 rings (SSSR count). The van der Waals surface area contributed by atoms with E-state index in [-0.39, 0.29) is 22.0 Å². The standard InChI is InChI=1S/C19H16ClFN2O3S/c1-8-2-4-10-13(6-8)27-19-14(10)16(24)15(18(26)23-19)17(25)22-12-5-3-9(21)7-11(12)20/h3,5,7-8H,2,4,6H2,1H3,(H,22,25)(H2,23,24,26)/t8-/m1/s1. The van der Waals surface area contributed by atoms with Gasteiger partial charge in [-0.3, -0.25) is 9.59 Å². The number of benzene rings is 1. The minimum Gasteiger partial charge on any atom is -0.506 e. The first-order chi connectivity index (χ1) is 12.8. The van der Waals surface area contributed by atoms with Crippen LogP contribution in [0.2, 0.25) is 5.02 Å². The zero-order valence-electron chi connectivity index (χ0n) is 14.4. The molecule has 1 aliphatic carbocycles. The minimum absolute atomic E-state index is 0.00208. The van der Waals surface area contributed by atoms with Crippen LogP contribution in [-0.2, 0) is 12.8 Å². The topological polar surface area (TPSA) is 82.2 Å². The van der Waals surface area contributed by atoms with Crippen LogP contribution >= 0.6 is 22.9 Å². The molecule has 0 fully saturated rings. The van der Waals surface area contributed by atoms with Gasteiger partial charge in [-0.05, 0) is 48.9 Å². The lowest BCUT2D eigenvalue weighted by Gasteiger charge is -2.18. The molecule has 0 saturated heterocycles. The number of thiophene rings is 1. The number of anilines is 1. The quantitative estimate of drug-likeness (QED) is 0.587. The Morgan fingerprint density at radius 1 is 1.44 bits per heavy atom. The smallest absolute Gasteiger partial charge is 0.265 e. The number of nitrogens with one attached hydrogen (secondary N) is 2. The second-order valence-electron chi connectivity index (χ2n) is 6.81. The fraction of sp³-hybridized carbons (Fsp3) is 0.263. The number of halogens is 2. The first-order valence-electron chi connectivity index (χ1n) is 8.51. The van der Waals surface area contributed by atoms with E-state index in [0.717, 1.165) is 41.8 Å². The van der Waals surface area contributed by atoms with E-state index in [4.69, 9.17) is 11.6 Å². The first-order valence-corrected chi connectivity index (χ1v) is 9.70. The normalized spacial score (nSPS) is 16.3. The lowest BCUT2D eigenvalue weighted by Crippen LogP contribution is -2.23. The van der Waals surface area contributed by atoms with Gasteiger partial charge in [0.25, 0.3) is 11.5 Å². The van der Waals surface area contributed by atoms with Crippen molar-refractivity contribution in [1.82, 2.24) is 4.98 Å². The van der Waals surface area contributed by atoms with Gasteiger partial charge in [0, 0.05) is 4.88 Å². The third-order valence-corrected chi connectivity index (χ3v) is 6.33. The number of aromatic nitrogens is 1. The highest BCUT2D eigenvalue weighted by Gasteiger charge is 2.27. The van der Waals surface area contributed by atoms with Gasteiger partial charge in [-0.25, -0.2) is 4.39 Å². The summed E-state index contributed by atoms with van der Waals surface area (Å²) in [6.45, 7) is 2.17. The summed E-state index contributed by atoms with van der Waals surface area (Å²) in [7, 11) is 0. The van der Waals surface area contributed by atoms with Crippen molar-refractivity contribution in [2.75, 3.05) is 5.32 Å². The van der Waals surface area contributed by atoms with Crippen molar-refractivity contribution >= 4 is 44.7 Å². The molecule has 1 atom stereocenters. The van der Waals surface area contributed by atoms with Gasteiger partial charge >= 0.3 is 0 Å². The van der Waals surface area contributed by atoms with Gasteiger partial charge in [0.15, 0.2) is 0 Å². The Labute approximate surface area is 162 Å². The molecular formula is C19H16ClFN2O3S. The molecule has 0 unspecified atom stereocenters. The van der Waals surface area contributed by atoms with Gasteiger partial charge in [0.05, 0.1) is 16.1 Å². The molecule has 27 heavy (non-hydrogen) atoms. The van der Waals surface area contributed by atoms with E-state index < -0.39 is 17.3 Å². The molecule has 0 bridgehead atoms. The molecule has 0 radical (unpaired) electrons. The SMILES string of the molecule is C[C@@H]1CCc2c(sc3[nH]c(=O)c(C(=O)Nc4ccc(F)cc4Cl)c(O)c23)C1. The fourth-order valence-electron chi connectivity index (χ4n) is 3.47. The Hall–Kier alpha value is -2.38. The molecule has 0 spiro atoms. The number of hydrogen-bond acceptors (Lipinski definition) is 4. The number of amides is 1. The number of carbonyl (C=O) groups is 1. The molecule has 0 aliphatic heterocycles. The largest absolute Gasteiger partial charge is 0.506 e. The molecule has 0 saturated carbocycles. The van der Waals surface area contributed by atoms with Crippen molar-refractivity contribution in [3.63, 3.8) is 0 Å². The Kier molecular flexibility index (Phi) is 4.44. The second kappa shape index (κ2) is 6.65. The summed E-state index contributed by atoms with van der Waals surface area (Å²) in [4.78, 5) is 29.5. The number of pyridine rings is 1. The summed E-state index contributed by atoms with van der Waals surface area (Å²) >= 11 is 7.38. The number of rotatable bonds is 2. The summed E-state index contributed by atoms with van der Waals surface area (Å²) in [6.07, 6.45) is 2.67. The third kappa shape index (κ3) is 3.11. The Bertz CT molecular complexity index is 1140. The number of aromatic amines is 1. The summed E-state index contributed by atoms with van der Waals surface area (Å²) in [5.74, 6) is -1.12. The summed E-state index contributed by atoms with van der Waals surface area (Å²) in [5, 5.41) is 13.7. The molecule has 3 aromatic rings. The van der Waals surface area contributed by atoms with Crippen LogP contribution in [0.5, 0.6) is 5.75 Å². The van der Waals surface area contributed by atoms with Crippen LogP contribution < -0.4 is 10.9 Å². The average Bonchev–Trinajstić information content (AvgIpc) is 2.94. The summed E-state index contributed by atoms with van der Waals surface area (Å²) in [6, 6.07) is 3.50. The van der Waals surface area contributed by atoms with Gasteiger partial charge in [-0.1, -0.05) is 18.5 Å². The maximum Gasteiger partial charge on any atom is 0.265 e. The van der Waals surface area contributed by atoms with Gasteiger partial charge < -0.3 is 15.4 Å². The first kappa shape index (κ1) is 18.0. The lowest BCUT2D eigenvalue weighted by atomic mass is 9.89. The van der Waals surface area contributed by atoms with Crippen LogP contribution in [0, 0.1) is 11.7 Å². The molecule has 3 N–H and O–H groups in total. The van der Waals surface area contributed by atoms with Crippen LogP contribution in [0.4, 0.5) is 10.1 Å². The van der Waals surface area contributed by atoms with Crippen molar-refractivity contribution < 1.29 is 14.3 Å². The Morgan fingerprint density at radius 3 is 2.96 bits per heavy atom. The van der Waals surface area contributed by atoms with Crippen LogP contribution in [0.3, 0.4) is 0 Å². The number of aryl methyl sites for hydroxylation is 1. The highest BCUT2D eigenvalue weighted by atomic mass is 35.5. The van der Waals surface area contributed by atoms with E-state index in [0.29, 0.717) is 16.1 Å². The second-order valence-corrected chi connectivity index (χ2v) is 8.32. The maximum atomic E-state index is 13.2.